The minimum atomic E-state index is -0.203. The minimum Gasteiger partial charge on any atom is -0.312 e. The van der Waals surface area contributed by atoms with Crippen molar-refractivity contribution in [2.75, 3.05) is 6.54 Å². The smallest absolute Gasteiger partial charge is 0.124 e. The normalized spacial score (nSPS) is 20.7. The Labute approximate surface area is 93.3 Å². The van der Waals surface area contributed by atoms with Crippen molar-refractivity contribution in [2.45, 2.75) is 25.4 Å². The Morgan fingerprint density at radius 3 is 3.25 bits per heavy atom. The van der Waals surface area contributed by atoms with Crippen LogP contribution in [0.4, 0.5) is 4.39 Å². The molecule has 16 heavy (non-hydrogen) atoms. The Hall–Kier alpha value is -1.42. The van der Waals surface area contributed by atoms with Crippen LogP contribution in [0.1, 0.15) is 12.8 Å². The van der Waals surface area contributed by atoms with Gasteiger partial charge in [-0.05, 0) is 37.6 Å². The third-order valence-electron chi connectivity index (χ3n) is 3.08. The SMILES string of the molecule is Fc1ccc2nn(CC3CCCN3)cc2c1. The number of rotatable bonds is 2. The minimum absolute atomic E-state index is 0.203. The van der Waals surface area contributed by atoms with E-state index in [1.165, 1.54) is 25.0 Å². The molecule has 3 rings (SSSR count). The van der Waals surface area contributed by atoms with Crippen LogP contribution in [0.15, 0.2) is 24.4 Å². The molecular weight excluding hydrogens is 205 g/mol. The molecule has 1 aliphatic heterocycles. The van der Waals surface area contributed by atoms with Crippen LogP contribution in [0.2, 0.25) is 0 Å². The number of hydrogen-bond donors (Lipinski definition) is 1. The monoisotopic (exact) mass is 219 g/mol. The average Bonchev–Trinajstić information content (AvgIpc) is 2.86. The van der Waals surface area contributed by atoms with Gasteiger partial charge < -0.3 is 5.32 Å². The van der Waals surface area contributed by atoms with E-state index in [4.69, 9.17) is 0 Å². The average molecular weight is 219 g/mol. The lowest BCUT2D eigenvalue weighted by atomic mass is 10.2. The zero-order chi connectivity index (χ0) is 11.0. The first-order valence-electron chi connectivity index (χ1n) is 5.67. The van der Waals surface area contributed by atoms with Crippen LogP contribution in [-0.2, 0) is 6.54 Å². The van der Waals surface area contributed by atoms with Crippen molar-refractivity contribution in [3.8, 4) is 0 Å². The Kier molecular flexibility index (Phi) is 2.36. The maximum absolute atomic E-state index is 13.0. The summed E-state index contributed by atoms with van der Waals surface area (Å²) in [7, 11) is 0. The van der Waals surface area contributed by atoms with Crippen molar-refractivity contribution in [1.29, 1.82) is 0 Å². The number of nitrogens with zero attached hydrogens (tertiary/aromatic N) is 2. The summed E-state index contributed by atoms with van der Waals surface area (Å²) in [6.45, 7) is 1.97. The molecular formula is C12H14FN3. The van der Waals surface area contributed by atoms with Gasteiger partial charge in [-0.1, -0.05) is 0 Å². The predicted molar refractivity (Wildman–Crippen MR) is 60.7 cm³/mol. The van der Waals surface area contributed by atoms with E-state index in [2.05, 4.69) is 10.4 Å². The number of fused-ring (bicyclic) bond motifs is 1. The summed E-state index contributed by atoms with van der Waals surface area (Å²) < 4.78 is 14.9. The van der Waals surface area contributed by atoms with Crippen LogP contribution in [0.25, 0.3) is 10.9 Å². The van der Waals surface area contributed by atoms with Crippen LogP contribution in [0, 0.1) is 5.82 Å². The summed E-state index contributed by atoms with van der Waals surface area (Å²) in [5, 5.41) is 8.73. The van der Waals surface area contributed by atoms with E-state index < -0.39 is 0 Å². The molecule has 0 radical (unpaired) electrons. The standard InChI is InChI=1S/C12H14FN3/c13-10-3-4-12-9(6-10)7-16(15-12)8-11-2-1-5-14-11/h3-4,6-7,11,14H,1-2,5,8H2. The molecule has 1 atom stereocenters. The molecule has 0 aliphatic carbocycles. The van der Waals surface area contributed by atoms with Crippen LogP contribution in [0.3, 0.4) is 0 Å². The summed E-state index contributed by atoms with van der Waals surface area (Å²) in [5.41, 5.74) is 0.861. The van der Waals surface area contributed by atoms with E-state index >= 15 is 0 Å². The van der Waals surface area contributed by atoms with E-state index in [0.29, 0.717) is 6.04 Å². The van der Waals surface area contributed by atoms with Gasteiger partial charge in [0, 0.05) is 17.6 Å². The molecule has 84 valence electrons. The Balaban J connectivity index is 1.86. The molecule has 1 aromatic heterocycles. The van der Waals surface area contributed by atoms with Crippen molar-refractivity contribution < 1.29 is 4.39 Å². The molecule has 2 aromatic rings. The molecule has 1 aromatic carbocycles. The lowest BCUT2D eigenvalue weighted by molar-refractivity contribution is 0.479. The first-order chi connectivity index (χ1) is 7.81. The van der Waals surface area contributed by atoms with Gasteiger partial charge in [0.25, 0.3) is 0 Å². The Morgan fingerprint density at radius 2 is 2.44 bits per heavy atom. The lowest BCUT2D eigenvalue weighted by Gasteiger charge is -2.08. The Morgan fingerprint density at radius 1 is 1.50 bits per heavy atom. The quantitative estimate of drug-likeness (QED) is 0.836. The van der Waals surface area contributed by atoms with Crippen LogP contribution in [0.5, 0.6) is 0 Å². The molecule has 3 nitrogen and oxygen atoms in total. The Bertz CT molecular complexity index is 500. The fourth-order valence-electron chi connectivity index (χ4n) is 2.28. The van der Waals surface area contributed by atoms with Crippen LogP contribution < -0.4 is 5.32 Å². The van der Waals surface area contributed by atoms with Crippen molar-refractivity contribution in [2.24, 2.45) is 0 Å². The molecule has 1 aliphatic rings. The van der Waals surface area contributed by atoms with E-state index in [-0.39, 0.29) is 5.82 Å². The van der Waals surface area contributed by atoms with E-state index in [9.17, 15) is 4.39 Å². The molecule has 0 bridgehead atoms. The maximum Gasteiger partial charge on any atom is 0.124 e. The van der Waals surface area contributed by atoms with Gasteiger partial charge in [0.2, 0.25) is 0 Å². The zero-order valence-corrected chi connectivity index (χ0v) is 8.99. The van der Waals surface area contributed by atoms with Crippen LogP contribution in [-0.4, -0.2) is 22.4 Å². The van der Waals surface area contributed by atoms with Gasteiger partial charge >= 0.3 is 0 Å². The molecule has 2 heterocycles. The van der Waals surface area contributed by atoms with Gasteiger partial charge in [-0.25, -0.2) is 4.39 Å². The summed E-state index contributed by atoms with van der Waals surface area (Å²) in [4.78, 5) is 0. The first kappa shape index (κ1) is 9.78. The molecule has 1 N–H and O–H groups in total. The fraction of sp³-hybridized carbons (Fsp3) is 0.417. The third kappa shape index (κ3) is 1.80. The van der Waals surface area contributed by atoms with Gasteiger partial charge in [0.15, 0.2) is 0 Å². The summed E-state index contributed by atoms with van der Waals surface area (Å²) in [5.74, 6) is -0.203. The van der Waals surface area contributed by atoms with Gasteiger partial charge in [-0.3, -0.25) is 4.68 Å². The van der Waals surface area contributed by atoms with E-state index in [0.717, 1.165) is 24.0 Å². The third-order valence-corrected chi connectivity index (χ3v) is 3.08. The van der Waals surface area contributed by atoms with Crippen molar-refractivity contribution in [3.63, 3.8) is 0 Å². The number of benzene rings is 1. The highest BCUT2D eigenvalue weighted by atomic mass is 19.1. The van der Waals surface area contributed by atoms with Crippen molar-refractivity contribution in [3.05, 3.63) is 30.2 Å². The van der Waals surface area contributed by atoms with Gasteiger partial charge in [-0.2, -0.15) is 5.10 Å². The second-order valence-electron chi connectivity index (χ2n) is 4.35. The fourth-order valence-corrected chi connectivity index (χ4v) is 2.28. The molecule has 1 fully saturated rings. The summed E-state index contributed by atoms with van der Waals surface area (Å²) in [6, 6.07) is 5.22. The second kappa shape index (κ2) is 3.87. The molecule has 4 heteroatoms. The maximum atomic E-state index is 13.0. The topological polar surface area (TPSA) is 29.9 Å². The van der Waals surface area contributed by atoms with Crippen LogP contribution >= 0.6 is 0 Å². The number of halogens is 1. The van der Waals surface area contributed by atoms with Crippen molar-refractivity contribution in [1.82, 2.24) is 15.1 Å². The largest absolute Gasteiger partial charge is 0.312 e. The molecule has 1 unspecified atom stereocenters. The highest BCUT2D eigenvalue weighted by molar-refractivity contribution is 5.77. The summed E-state index contributed by atoms with van der Waals surface area (Å²) in [6.07, 6.45) is 4.35. The molecule has 0 saturated carbocycles. The predicted octanol–water partition coefficient (Wildman–Crippen LogP) is 1.93. The molecule has 0 amide bonds. The number of aromatic nitrogens is 2. The molecule has 1 saturated heterocycles. The number of nitrogens with one attached hydrogen (secondary N) is 1. The van der Waals surface area contributed by atoms with Gasteiger partial charge in [-0.15, -0.1) is 0 Å². The summed E-state index contributed by atoms with van der Waals surface area (Å²) >= 11 is 0. The second-order valence-corrected chi connectivity index (χ2v) is 4.35. The number of hydrogen-bond acceptors (Lipinski definition) is 2. The molecule has 0 spiro atoms. The highest BCUT2D eigenvalue weighted by Gasteiger charge is 2.15. The van der Waals surface area contributed by atoms with E-state index in [1.54, 1.807) is 6.07 Å². The van der Waals surface area contributed by atoms with Gasteiger partial charge in [0.05, 0.1) is 12.1 Å². The van der Waals surface area contributed by atoms with E-state index in [1.807, 2.05) is 10.9 Å². The van der Waals surface area contributed by atoms with Gasteiger partial charge in [0.1, 0.15) is 5.82 Å². The zero-order valence-electron chi connectivity index (χ0n) is 8.99. The highest BCUT2D eigenvalue weighted by Crippen LogP contribution is 2.15. The first-order valence-corrected chi connectivity index (χ1v) is 5.67. The van der Waals surface area contributed by atoms with Crippen molar-refractivity contribution >= 4 is 10.9 Å². The lowest BCUT2D eigenvalue weighted by Crippen LogP contribution is -2.26.